The highest BCUT2D eigenvalue weighted by atomic mass is 35.5. The molecule has 0 radical (unpaired) electrons. The summed E-state index contributed by atoms with van der Waals surface area (Å²) in [6.07, 6.45) is 5.34. The highest BCUT2D eigenvalue weighted by Gasteiger charge is 2.23. The number of hydrogen-bond donors (Lipinski definition) is 0. The van der Waals surface area contributed by atoms with Gasteiger partial charge in [-0.25, -0.2) is 0 Å². The maximum Gasteiger partial charge on any atom is 0.255 e. The predicted octanol–water partition coefficient (Wildman–Crippen LogP) is 2.17. The van der Waals surface area contributed by atoms with Gasteiger partial charge < -0.3 is 14.5 Å². The molecule has 0 atom stereocenters. The standard InChI is InChI=1S/C16H24ClN3O2/c1-19(16(21)14-3-6-18-11-15(14)17)12-13-4-7-20(8-5-13)9-10-22-2/h3,6,11,13H,4-5,7-10,12H2,1-2H3. The Morgan fingerprint density at radius 1 is 1.50 bits per heavy atom. The number of aromatic nitrogens is 1. The number of carbonyl (C=O) groups is 1. The van der Waals surface area contributed by atoms with Crippen LogP contribution in [0.4, 0.5) is 0 Å². The average molecular weight is 326 g/mol. The highest BCUT2D eigenvalue weighted by molar-refractivity contribution is 6.33. The van der Waals surface area contributed by atoms with E-state index in [9.17, 15) is 4.79 Å². The summed E-state index contributed by atoms with van der Waals surface area (Å²) >= 11 is 6.05. The molecule has 1 aromatic heterocycles. The quantitative estimate of drug-likeness (QED) is 0.804. The van der Waals surface area contributed by atoms with E-state index < -0.39 is 0 Å². The third-order valence-electron chi connectivity index (χ3n) is 4.20. The van der Waals surface area contributed by atoms with Gasteiger partial charge in [0.25, 0.3) is 5.91 Å². The van der Waals surface area contributed by atoms with Gasteiger partial charge >= 0.3 is 0 Å². The number of carbonyl (C=O) groups excluding carboxylic acids is 1. The zero-order chi connectivity index (χ0) is 15.9. The Morgan fingerprint density at radius 3 is 2.86 bits per heavy atom. The Balaban J connectivity index is 1.82. The number of likely N-dealkylation sites (tertiary alicyclic amines) is 1. The van der Waals surface area contributed by atoms with Crippen molar-refractivity contribution in [3.05, 3.63) is 29.0 Å². The van der Waals surface area contributed by atoms with Gasteiger partial charge in [0.05, 0.1) is 17.2 Å². The lowest BCUT2D eigenvalue weighted by atomic mass is 9.96. The minimum atomic E-state index is -0.0331. The number of nitrogens with zero attached hydrogens (tertiary/aromatic N) is 3. The number of piperidine rings is 1. The molecule has 1 aliphatic heterocycles. The molecule has 0 bridgehead atoms. The third kappa shape index (κ3) is 4.66. The van der Waals surface area contributed by atoms with E-state index in [1.165, 1.54) is 6.20 Å². The fraction of sp³-hybridized carbons (Fsp3) is 0.625. The summed E-state index contributed by atoms with van der Waals surface area (Å²) in [4.78, 5) is 20.5. The number of pyridine rings is 1. The lowest BCUT2D eigenvalue weighted by Gasteiger charge is -2.33. The highest BCUT2D eigenvalue weighted by Crippen LogP contribution is 2.20. The molecule has 0 aromatic carbocycles. The Hall–Kier alpha value is -1.17. The van der Waals surface area contributed by atoms with E-state index in [0.29, 0.717) is 16.5 Å². The van der Waals surface area contributed by atoms with E-state index in [1.807, 2.05) is 7.05 Å². The lowest BCUT2D eigenvalue weighted by molar-refractivity contribution is 0.0724. The van der Waals surface area contributed by atoms with Crippen LogP contribution in [0.5, 0.6) is 0 Å². The fourth-order valence-corrected chi connectivity index (χ4v) is 3.04. The SMILES string of the molecule is COCCN1CCC(CN(C)C(=O)c2ccncc2Cl)CC1. The van der Waals surface area contributed by atoms with Crippen LogP contribution in [0.15, 0.2) is 18.5 Å². The van der Waals surface area contributed by atoms with Crippen LogP contribution in [0.2, 0.25) is 5.02 Å². The van der Waals surface area contributed by atoms with Crippen molar-refractivity contribution in [3.63, 3.8) is 0 Å². The molecular weight excluding hydrogens is 302 g/mol. The normalized spacial score (nSPS) is 16.7. The van der Waals surface area contributed by atoms with Gasteiger partial charge in [-0.2, -0.15) is 0 Å². The molecule has 1 amide bonds. The van der Waals surface area contributed by atoms with Crippen LogP contribution in [-0.2, 0) is 4.74 Å². The summed E-state index contributed by atoms with van der Waals surface area (Å²) in [7, 11) is 3.58. The van der Waals surface area contributed by atoms with Gasteiger partial charge in [-0.1, -0.05) is 11.6 Å². The van der Waals surface area contributed by atoms with Gasteiger partial charge in [-0.3, -0.25) is 9.78 Å². The average Bonchev–Trinajstić information content (AvgIpc) is 2.54. The zero-order valence-corrected chi connectivity index (χ0v) is 14.1. The molecule has 0 saturated carbocycles. The first-order valence-corrected chi connectivity index (χ1v) is 8.06. The summed E-state index contributed by atoms with van der Waals surface area (Å²) in [6.45, 7) is 4.70. The molecule has 0 aliphatic carbocycles. The van der Waals surface area contributed by atoms with Crippen LogP contribution in [0, 0.1) is 5.92 Å². The molecule has 0 unspecified atom stereocenters. The summed E-state index contributed by atoms with van der Waals surface area (Å²) in [6, 6.07) is 1.68. The summed E-state index contributed by atoms with van der Waals surface area (Å²) in [5, 5.41) is 0.411. The summed E-state index contributed by atoms with van der Waals surface area (Å²) < 4.78 is 5.12. The second-order valence-electron chi connectivity index (χ2n) is 5.82. The Kier molecular flexibility index (Phi) is 6.61. The number of halogens is 1. The topological polar surface area (TPSA) is 45.7 Å². The molecule has 122 valence electrons. The first-order valence-electron chi connectivity index (χ1n) is 7.68. The smallest absolute Gasteiger partial charge is 0.255 e. The van der Waals surface area contributed by atoms with Gasteiger partial charge in [-0.15, -0.1) is 0 Å². The number of rotatable bonds is 6. The van der Waals surface area contributed by atoms with Crippen LogP contribution >= 0.6 is 11.6 Å². The van der Waals surface area contributed by atoms with Gasteiger partial charge in [0.15, 0.2) is 0 Å². The molecule has 2 heterocycles. The summed E-state index contributed by atoms with van der Waals surface area (Å²) in [5.74, 6) is 0.516. The van der Waals surface area contributed by atoms with Gasteiger partial charge in [0, 0.05) is 39.6 Å². The second-order valence-corrected chi connectivity index (χ2v) is 6.23. The first-order chi connectivity index (χ1) is 10.6. The molecule has 6 heteroatoms. The number of methoxy groups -OCH3 is 1. The number of ether oxygens (including phenoxy) is 1. The second kappa shape index (κ2) is 8.46. The fourth-order valence-electron chi connectivity index (χ4n) is 2.84. The van der Waals surface area contributed by atoms with E-state index in [2.05, 4.69) is 9.88 Å². The molecular formula is C16H24ClN3O2. The van der Waals surface area contributed by atoms with Crippen LogP contribution in [-0.4, -0.2) is 67.6 Å². The molecule has 2 rings (SSSR count). The van der Waals surface area contributed by atoms with Crippen molar-refractivity contribution in [2.75, 3.05) is 46.9 Å². The molecule has 1 aliphatic rings. The van der Waals surface area contributed by atoms with Crippen molar-refractivity contribution in [1.82, 2.24) is 14.8 Å². The molecule has 0 N–H and O–H groups in total. The van der Waals surface area contributed by atoms with Gasteiger partial charge in [0.1, 0.15) is 0 Å². The van der Waals surface area contributed by atoms with E-state index in [4.69, 9.17) is 16.3 Å². The van der Waals surface area contributed by atoms with Crippen LogP contribution in [0.1, 0.15) is 23.2 Å². The first kappa shape index (κ1) is 17.2. The van der Waals surface area contributed by atoms with Crippen LogP contribution in [0.3, 0.4) is 0 Å². The minimum Gasteiger partial charge on any atom is -0.383 e. The van der Waals surface area contributed by atoms with E-state index >= 15 is 0 Å². The maximum atomic E-state index is 12.4. The lowest BCUT2D eigenvalue weighted by Crippen LogP contribution is -2.40. The Bertz CT molecular complexity index is 490. The van der Waals surface area contributed by atoms with E-state index in [1.54, 1.807) is 24.3 Å². The molecule has 1 fully saturated rings. The van der Waals surface area contributed by atoms with Crippen molar-refractivity contribution in [2.45, 2.75) is 12.8 Å². The van der Waals surface area contributed by atoms with Crippen molar-refractivity contribution >= 4 is 17.5 Å². The van der Waals surface area contributed by atoms with E-state index in [0.717, 1.165) is 45.6 Å². The van der Waals surface area contributed by atoms with Crippen LogP contribution in [0.25, 0.3) is 0 Å². The van der Waals surface area contributed by atoms with Crippen molar-refractivity contribution < 1.29 is 9.53 Å². The zero-order valence-electron chi connectivity index (χ0n) is 13.3. The van der Waals surface area contributed by atoms with Crippen molar-refractivity contribution in [3.8, 4) is 0 Å². The molecule has 1 saturated heterocycles. The molecule has 0 spiro atoms. The van der Waals surface area contributed by atoms with Crippen molar-refractivity contribution in [1.29, 1.82) is 0 Å². The number of amides is 1. The Morgan fingerprint density at radius 2 is 2.23 bits per heavy atom. The van der Waals surface area contributed by atoms with E-state index in [-0.39, 0.29) is 5.91 Å². The van der Waals surface area contributed by atoms with Crippen LogP contribution < -0.4 is 0 Å². The largest absolute Gasteiger partial charge is 0.383 e. The predicted molar refractivity (Wildman–Crippen MR) is 87.2 cm³/mol. The maximum absolute atomic E-state index is 12.4. The summed E-state index contributed by atoms with van der Waals surface area (Å²) in [5.41, 5.74) is 0.525. The Labute approximate surface area is 137 Å². The molecule has 1 aromatic rings. The van der Waals surface area contributed by atoms with Crippen molar-refractivity contribution in [2.24, 2.45) is 5.92 Å². The minimum absolute atomic E-state index is 0.0331. The third-order valence-corrected chi connectivity index (χ3v) is 4.50. The monoisotopic (exact) mass is 325 g/mol. The molecule has 22 heavy (non-hydrogen) atoms. The molecule has 5 nitrogen and oxygen atoms in total. The number of hydrogen-bond acceptors (Lipinski definition) is 4. The van der Waals surface area contributed by atoms with Gasteiger partial charge in [-0.05, 0) is 37.9 Å². The van der Waals surface area contributed by atoms with Gasteiger partial charge in [0.2, 0.25) is 0 Å².